The monoisotopic (exact) mass is 392 g/mol. The summed E-state index contributed by atoms with van der Waals surface area (Å²) in [5.41, 5.74) is 4.75. The van der Waals surface area contributed by atoms with Gasteiger partial charge in [-0.2, -0.15) is 5.01 Å². The van der Waals surface area contributed by atoms with Crippen molar-refractivity contribution in [3.63, 3.8) is 0 Å². The summed E-state index contributed by atoms with van der Waals surface area (Å²) in [4.78, 5) is 39.7. The maximum Gasteiger partial charge on any atom is 0.344 e. The lowest BCUT2D eigenvalue weighted by Crippen LogP contribution is -2.51. The lowest BCUT2D eigenvalue weighted by Gasteiger charge is -2.23. The molecule has 150 valence electrons. The molecular formula is C22H24N4O3. The first-order chi connectivity index (χ1) is 14.0. The number of hydrazine groups is 1. The number of benzene rings is 2. The summed E-state index contributed by atoms with van der Waals surface area (Å²) in [5.74, 6) is -0.828. The average molecular weight is 392 g/mol. The molecule has 0 spiro atoms. The first-order valence-electron chi connectivity index (χ1n) is 9.79. The third-order valence-electron chi connectivity index (χ3n) is 5.57. The molecule has 1 fully saturated rings. The van der Waals surface area contributed by atoms with E-state index in [0.29, 0.717) is 12.8 Å². The van der Waals surface area contributed by atoms with Gasteiger partial charge in [-0.05, 0) is 43.4 Å². The largest absolute Gasteiger partial charge is 0.362 e. The van der Waals surface area contributed by atoms with E-state index in [9.17, 15) is 14.4 Å². The number of carbonyl (C=O) groups excluding carboxylic acids is 3. The molecular weight excluding hydrogens is 368 g/mol. The number of rotatable bonds is 6. The topological polar surface area (TPSA) is 81.8 Å². The van der Waals surface area contributed by atoms with Gasteiger partial charge in [0.2, 0.25) is 0 Å². The Morgan fingerprint density at radius 2 is 1.83 bits per heavy atom. The lowest BCUT2D eigenvalue weighted by molar-refractivity contribution is -0.138. The molecule has 1 saturated heterocycles. The number of para-hydroxylation sites is 1. The number of hydrogen-bond acceptors (Lipinski definition) is 4. The second-order valence-corrected chi connectivity index (χ2v) is 7.72. The summed E-state index contributed by atoms with van der Waals surface area (Å²) in [6, 6.07) is 17.1. The molecule has 0 aromatic heterocycles. The number of aryl methyl sites for hydroxylation is 1. The zero-order chi connectivity index (χ0) is 20.4. The van der Waals surface area contributed by atoms with Gasteiger partial charge >= 0.3 is 6.03 Å². The quantitative estimate of drug-likeness (QED) is 0.737. The summed E-state index contributed by atoms with van der Waals surface area (Å²) in [6.45, 7) is 2.52. The van der Waals surface area contributed by atoms with Crippen molar-refractivity contribution in [3.8, 4) is 0 Å². The van der Waals surface area contributed by atoms with Crippen LogP contribution in [0.5, 0.6) is 0 Å². The Balaban J connectivity index is 1.37. The Morgan fingerprint density at radius 1 is 1.10 bits per heavy atom. The molecule has 2 N–H and O–H groups in total. The standard InChI is InChI=1S/C22H24N4O3/c1-22(13-11-16-7-3-2-4-8-16)20(28)26(21(29)23-22)24-19(27)15-25-14-12-17-9-5-6-10-18(17)25/h2-10H,11-15H2,1H3,(H,23,29)(H,24,27)/t22-/m1/s1. The van der Waals surface area contributed by atoms with Gasteiger partial charge in [-0.25, -0.2) is 4.79 Å². The van der Waals surface area contributed by atoms with Gasteiger partial charge in [0, 0.05) is 12.2 Å². The highest BCUT2D eigenvalue weighted by atomic mass is 16.2. The molecule has 0 bridgehead atoms. The van der Waals surface area contributed by atoms with E-state index in [0.717, 1.165) is 29.2 Å². The minimum absolute atomic E-state index is 0.0921. The van der Waals surface area contributed by atoms with E-state index < -0.39 is 23.4 Å². The lowest BCUT2D eigenvalue weighted by atomic mass is 9.93. The fraction of sp³-hybridized carbons (Fsp3) is 0.318. The van der Waals surface area contributed by atoms with Crippen molar-refractivity contribution in [2.45, 2.75) is 31.7 Å². The van der Waals surface area contributed by atoms with Crippen LogP contribution in [-0.4, -0.2) is 41.5 Å². The van der Waals surface area contributed by atoms with Crippen LogP contribution in [0.4, 0.5) is 10.5 Å². The van der Waals surface area contributed by atoms with Crippen LogP contribution >= 0.6 is 0 Å². The summed E-state index contributed by atoms with van der Waals surface area (Å²) in [6.07, 6.45) is 1.98. The third-order valence-corrected chi connectivity index (χ3v) is 5.57. The smallest absolute Gasteiger partial charge is 0.344 e. The second-order valence-electron chi connectivity index (χ2n) is 7.72. The van der Waals surface area contributed by atoms with E-state index >= 15 is 0 Å². The van der Waals surface area contributed by atoms with Gasteiger partial charge in [-0.15, -0.1) is 0 Å². The van der Waals surface area contributed by atoms with Crippen molar-refractivity contribution >= 4 is 23.5 Å². The Morgan fingerprint density at radius 3 is 2.62 bits per heavy atom. The summed E-state index contributed by atoms with van der Waals surface area (Å²) in [7, 11) is 0. The molecule has 2 aromatic carbocycles. The van der Waals surface area contributed by atoms with Gasteiger partial charge in [0.05, 0.1) is 6.54 Å². The Hall–Kier alpha value is -3.35. The average Bonchev–Trinajstić information content (AvgIpc) is 3.22. The highest BCUT2D eigenvalue weighted by Crippen LogP contribution is 2.27. The van der Waals surface area contributed by atoms with E-state index in [-0.39, 0.29) is 6.54 Å². The maximum absolute atomic E-state index is 12.8. The number of imide groups is 1. The van der Waals surface area contributed by atoms with E-state index in [1.54, 1.807) is 6.92 Å². The van der Waals surface area contributed by atoms with Gasteiger partial charge in [-0.1, -0.05) is 48.5 Å². The number of anilines is 1. The van der Waals surface area contributed by atoms with Gasteiger partial charge in [0.1, 0.15) is 5.54 Å². The van der Waals surface area contributed by atoms with Gasteiger partial charge < -0.3 is 10.2 Å². The van der Waals surface area contributed by atoms with Crippen LogP contribution in [-0.2, 0) is 22.4 Å². The maximum atomic E-state index is 12.8. The Labute approximate surface area is 169 Å². The zero-order valence-corrected chi connectivity index (χ0v) is 16.4. The fourth-order valence-electron chi connectivity index (χ4n) is 3.90. The number of fused-ring (bicyclic) bond motifs is 1. The number of amides is 4. The van der Waals surface area contributed by atoms with Crippen LogP contribution < -0.4 is 15.6 Å². The Kier molecular flexibility index (Phi) is 4.96. The van der Waals surface area contributed by atoms with Crippen molar-refractivity contribution in [2.75, 3.05) is 18.0 Å². The van der Waals surface area contributed by atoms with E-state index in [2.05, 4.69) is 10.7 Å². The van der Waals surface area contributed by atoms with E-state index in [1.165, 1.54) is 5.56 Å². The number of hydrogen-bond donors (Lipinski definition) is 2. The molecule has 0 radical (unpaired) electrons. The second kappa shape index (κ2) is 7.58. The number of carbonyl (C=O) groups is 3. The normalized spacial score (nSPS) is 20.6. The van der Waals surface area contributed by atoms with E-state index in [1.807, 2.05) is 59.5 Å². The Bertz CT molecular complexity index is 946. The molecule has 4 rings (SSSR count). The highest BCUT2D eigenvalue weighted by molar-refractivity contribution is 6.07. The summed E-state index contributed by atoms with van der Waals surface area (Å²) >= 11 is 0. The van der Waals surface area contributed by atoms with Crippen LogP contribution in [0, 0.1) is 0 Å². The summed E-state index contributed by atoms with van der Waals surface area (Å²) < 4.78 is 0. The molecule has 2 aliphatic heterocycles. The zero-order valence-electron chi connectivity index (χ0n) is 16.4. The van der Waals surface area contributed by atoms with Gasteiger partial charge in [0.15, 0.2) is 0 Å². The molecule has 1 atom stereocenters. The van der Waals surface area contributed by atoms with Crippen LogP contribution in [0.1, 0.15) is 24.5 Å². The third kappa shape index (κ3) is 3.81. The molecule has 0 saturated carbocycles. The number of urea groups is 1. The van der Waals surface area contributed by atoms with Crippen LogP contribution in [0.15, 0.2) is 54.6 Å². The van der Waals surface area contributed by atoms with Crippen LogP contribution in [0.25, 0.3) is 0 Å². The molecule has 4 amide bonds. The molecule has 7 heteroatoms. The fourth-order valence-corrected chi connectivity index (χ4v) is 3.90. The minimum atomic E-state index is -1.04. The molecule has 7 nitrogen and oxygen atoms in total. The predicted molar refractivity (Wildman–Crippen MR) is 109 cm³/mol. The first-order valence-corrected chi connectivity index (χ1v) is 9.79. The van der Waals surface area contributed by atoms with E-state index in [4.69, 9.17) is 0 Å². The van der Waals surface area contributed by atoms with Gasteiger partial charge in [-0.3, -0.25) is 15.0 Å². The minimum Gasteiger partial charge on any atom is -0.362 e. The summed E-state index contributed by atoms with van der Waals surface area (Å²) in [5, 5.41) is 3.54. The first kappa shape index (κ1) is 19.0. The molecule has 2 aromatic rings. The van der Waals surface area contributed by atoms with Crippen molar-refractivity contribution in [1.29, 1.82) is 0 Å². The molecule has 0 aliphatic carbocycles. The van der Waals surface area contributed by atoms with Crippen LogP contribution in [0.2, 0.25) is 0 Å². The van der Waals surface area contributed by atoms with Crippen molar-refractivity contribution < 1.29 is 14.4 Å². The molecule has 29 heavy (non-hydrogen) atoms. The molecule has 0 unspecified atom stereocenters. The number of nitrogens with zero attached hydrogens (tertiary/aromatic N) is 2. The van der Waals surface area contributed by atoms with Crippen molar-refractivity contribution in [2.24, 2.45) is 0 Å². The highest BCUT2D eigenvalue weighted by Gasteiger charge is 2.48. The van der Waals surface area contributed by atoms with Gasteiger partial charge in [0.25, 0.3) is 11.8 Å². The van der Waals surface area contributed by atoms with Crippen LogP contribution in [0.3, 0.4) is 0 Å². The van der Waals surface area contributed by atoms with Crippen molar-refractivity contribution in [3.05, 3.63) is 65.7 Å². The number of nitrogens with one attached hydrogen (secondary N) is 2. The molecule has 2 aliphatic rings. The SMILES string of the molecule is C[C@]1(CCc2ccccc2)NC(=O)N(NC(=O)CN2CCc3ccccc32)C1=O. The molecule has 2 heterocycles. The van der Waals surface area contributed by atoms with Crippen molar-refractivity contribution in [1.82, 2.24) is 15.8 Å². The predicted octanol–water partition coefficient (Wildman–Crippen LogP) is 2.02.